The second-order valence-electron chi connectivity index (χ2n) is 4.40. The predicted octanol–water partition coefficient (Wildman–Crippen LogP) is 3.17. The van der Waals surface area contributed by atoms with Crippen LogP contribution < -0.4 is 9.64 Å². The van der Waals surface area contributed by atoms with Crippen LogP contribution in [0.2, 0.25) is 0 Å². The minimum absolute atomic E-state index is 0.700. The average Bonchev–Trinajstić information content (AvgIpc) is 2.40. The Morgan fingerprint density at radius 1 is 1.00 bits per heavy atom. The van der Waals surface area contributed by atoms with Crippen molar-refractivity contribution in [3.63, 3.8) is 0 Å². The number of hydrogen-bond acceptors (Lipinski definition) is 2. The Morgan fingerprint density at radius 3 is 2.28 bits per heavy atom. The lowest BCUT2D eigenvalue weighted by atomic mass is 10.1. The van der Waals surface area contributed by atoms with Gasteiger partial charge in [-0.3, -0.25) is 0 Å². The highest BCUT2D eigenvalue weighted by molar-refractivity contribution is 5.46. The Bertz CT molecular complexity index is 462. The van der Waals surface area contributed by atoms with Crippen molar-refractivity contribution in [1.82, 2.24) is 0 Å². The molecule has 2 aromatic carbocycles. The van der Waals surface area contributed by atoms with Crippen LogP contribution >= 0.6 is 0 Å². The van der Waals surface area contributed by atoms with Crippen molar-refractivity contribution in [2.75, 3.05) is 25.6 Å². The molecule has 0 aliphatic heterocycles. The fraction of sp³-hybridized carbons (Fsp3) is 0.250. The molecule has 2 rings (SSSR count). The van der Waals surface area contributed by atoms with Crippen molar-refractivity contribution in [3.05, 3.63) is 60.2 Å². The van der Waals surface area contributed by atoms with Gasteiger partial charge in [-0.05, 0) is 35.9 Å². The van der Waals surface area contributed by atoms with E-state index in [1.807, 2.05) is 38.4 Å². The van der Waals surface area contributed by atoms with Crippen molar-refractivity contribution in [2.45, 2.75) is 6.42 Å². The largest absolute Gasteiger partial charge is 0.493 e. The highest BCUT2D eigenvalue weighted by Gasteiger charge is 1.97. The van der Waals surface area contributed by atoms with Gasteiger partial charge in [-0.2, -0.15) is 0 Å². The summed E-state index contributed by atoms with van der Waals surface area (Å²) in [6.07, 6.45) is 0.923. The first-order valence-corrected chi connectivity index (χ1v) is 6.11. The molecule has 0 heterocycles. The number of hydrogen-bond donors (Lipinski definition) is 0. The Kier molecular flexibility index (Phi) is 4.24. The number of nitrogens with zero attached hydrogens (tertiary/aromatic N) is 1. The number of ether oxygens (including phenoxy) is 1. The Hall–Kier alpha value is -1.96. The third-order valence-corrected chi connectivity index (χ3v) is 2.80. The van der Waals surface area contributed by atoms with Crippen molar-refractivity contribution >= 4 is 5.69 Å². The van der Waals surface area contributed by atoms with E-state index in [1.165, 1.54) is 11.3 Å². The quantitative estimate of drug-likeness (QED) is 0.796. The molecule has 2 nitrogen and oxygen atoms in total. The van der Waals surface area contributed by atoms with E-state index in [2.05, 4.69) is 35.2 Å². The highest BCUT2D eigenvalue weighted by Crippen LogP contribution is 2.13. The summed E-state index contributed by atoms with van der Waals surface area (Å²) in [5.74, 6) is 0.902. The Balaban J connectivity index is 1.83. The molecule has 0 N–H and O–H groups in total. The van der Waals surface area contributed by atoms with Gasteiger partial charge in [-0.25, -0.2) is 0 Å². The molecule has 2 heteroatoms. The van der Waals surface area contributed by atoms with Crippen molar-refractivity contribution in [3.8, 4) is 5.75 Å². The zero-order valence-corrected chi connectivity index (χ0v) is 10.9. The first-order valence-electron chi connectivity index (χ1n) is 6.11. The summed E-state index contributed by atoms with van der Waals surface area (Å²) >= 11 is 0. The standard InChI is InChI=1S/C16H18NO/c1-17(2)15-10-8-14(9-11-15)12-13-18-16-6-4-3-5-7-16/h4-11H,12-13H2,1-2H3. The second-order valence-corrected chi connectivity index (χ2v) is 4.40. The van der Waals surface area contributed by atoms with E-state index in [0.717, 1.165) is 12.2 Å². The lowest BCUT2D eigenvalue weighted by molar-refractivity contribution is 0.322. The average molecular weight is 240 g/mol. The van der Waals surface area contributed by atoms with Crippen molar-refractivity contribution in [1.29, 1.82) is 0 Å². The maximum atomic E-state index is 5.66. The molecular formula is C16H18NO. The summed E-state index contributed by atoms with van der Waals surface area (Å²) in [4.78, 5) is 2.10. The van der Waals surface area contributed by atoms with Crippen LogP contribution in [-0.2, 0) is 6.42 Å². The van der Waals surface area contributed by atoms with E-state index in [9.17, 15) is 0 Å². The summed E-state index contributed by atoms with van der Waals surface area (Å²) in [7, 11) is 4.09. The fourth-order valence-electron chi connectivity index (χ4n) is 1.72. The minimum Gasteiger partial charge on any atom is -0.493 e. The lowest BCUT2D eigenvalue weighted by Gasteiger charge is -2.12. The lowest BCUT2D eigenvalue weighted by Crippen LogP contribution is -2.08. The van der Waals surface area contributed by atoms with Crippen molar-refractivity contribution in [2.24, 2.45) is 0 Å². The molecule has 1 radical (unpaired) electrons. The topological polar surface area (TPSA) is 12.5 Å². The van der Waals surface area contributed by atoms with Crippen molar-refractivity contribution < 1.29 is 4.74 Å². The Labute approximate surface area is 109 Å². The third-order valence-electron chi connectivity index (χ3n) is 2.80. The zero-order valence-electron chi connectivity index (χ0n) is 10.9. The second kappa shape index (κ2) is 6.10. The normalized spacial score (nSPS) is 10.1. The van der Waals surface area contributed by atoms with Crippen LogP contribution in [0.1, 0.15) is 5.56 Å². The minimum atomic E-state index is 0.700. The molecule has 0 unspecified atom stereocenters. The molecule has 18 heavy (non-hydrogen) atoms. The SMILES string of the molecule is CN(C)c1ccc(CCOc2cc[c]cc2)cc1. The van der Waals surface area contributed by atoms with E-state index in [-0.39, 0.29) is 0 Å². The van der Waals surface area contributed by atoms with Gasteiger partial charge in [0.1, 0.15) is 5.75 Å². The molecule has 0 fully saturated rings. The smallest absolute Gasteiger partial charge is 0.119 e. The molecule has 0 bridgehead atoms. The zero-order chi connectivity index (χ0) is 12.8. The third kappa shape index (κ3) is 3.52. The van der Waals surface area contributed by atoms with Gasteiger partial charge in [0.25, 0.3) is 0 Å². The first-order chi connectivity index (χ1) is 8.75. The van der Waals surface area contributed by atoms with Crippen LogP contribution in [0.5, 0.6) is 5.75 Å². The van der Waals surface area contributed by atoms with E-state index >= 15 is 0 Å². The van der Waals surface area contributed by atoms with Gasteiger partial charge in [0.05, 0.1) is 6.61 Å². The highest BCUT2D eigenvalue weighted by atomic mass is 16.5. The first kappa shape index (κ1) is 12.5. The molecule has 0 atom stereocenters. The molecule has 0 saturated carbocycles. The Morgan fingerprint density at radius 2 is 1.67 bits per heavy atom. The van der Waals surface area contributed by atoms with E-state index in [1.54, 1.807) is 0 Å². The number of benzene rings is 2. The summed E-state index contributed by atoms with van der Waals surface area (Å²) in [6, 6.07) is 19.1. The number of anilines is 1. The summed E-state index contributed by atoms with van der Waals surface area (Å²) in [5, 5.41) is 0. The molecule has 93 valence electrons. The van der Waals surface area contributed by atoms with Gasteiger partial charge >= 0.3 is 0 Å². The molecule has 0 aromatic heterocycles. The van der Waals surface area contributed by atoms with Crippen LogP contribution in [0.15, 0.2) is 48.5 Å². The summed E-state index contributed by atoms with van der Waals surface area (Å²) < 4.78 is 5.66. The molecule has 0 aliphatic rings. The van der Waals surface area contributed by atoms with Crippen LogP contribution in [0.25, 0.3) is 0 Å². The van der Waals surface area contributed by atoms with Gasteiger partial charge in [0, 0.05) is 26.2 Å². The number of rotatable bonds is 5. The van der Waals surface area contributed by atoms with Crippen LogP contribution in [-0.4, -0.2) is 20.7 Å². The molecule has 2 aromatic rings. The molecule has 0 spiro atoms. The van der Waals surface area contributed by atoms with Gasteiger partial charge in [0.2, 0.25) is 0 Å². The molecule has 0 aliphatic carbocycles. The van der Waals surface area contributed by atoms with Crippen LogP contribution in [0.4, 0.5) is 5.69 Å². The van der Waals surface area contributed by atoms with E-state index < -0.39 is 0 Å². The molecule has 0 saturated heterocycles. The van der Waals surface area contributed by atoms with Gasteiger partial charge in [0.15, 0.2) is 0 Å². The fourth-order valence-corrected chi connectivity index (χ4v) is 1.72. The summed E-state index contributed by atoms with van der Waals surface area (Å²) in [5.41, 5.74) is 2.52. The van der Waals surface area contributed by atoms with E-state index in [4.69, 9.17) is 4.74 Å². The molecular weight excluding hydrogens is 222 g/mol. The maximum Gasteiger partial charge on any atom is 0.119 e. The van der Waals surface area contributed by atoms with Gasteiger partial charge < -0.3 is 9.64 Å². The molecule has 0 amide bonds. The maximum absolute atomic E-state index is 5.66. The summed E-state index contributed by atoms with van der Waals surface area (Å²) in [6.45, 7) is 0.700. The van der Waals surface area contributed by atoms with Gasteiger partial charge in [-0.15, -0.1) is 0 Å². The van der Waals surface area contributed by atoms with Crippen LogP contribution in [0.3, 0.4) is 0 Å². The monoisotopic (exact) mass is 240 g/mol. The van der Waals surface area contributed by atoms with Crippen LogP contribution in [0, 0.1) is 6.07 Å². The predicted molar refractivity (Wildman–Crippen MR) is 75.2 cm³/mol. The van der Waals surface area contributed by atoms with E-state index in [0.29, 0.717) is 6.61 Å². The van der Waals surface area contributed by atoms with Gasteiger partial charge in [-0.1, -0.05) is 24.3 Å².